The van der Waals surface area contributed by atoms with Crippen LogP contribution in [-0.2, 0) is 0 Å². The average molecular weight is 406 g/mol. The molecule has 7 heteroatoms. The summed E-state index contributed by atoms with van der Waals surface area (Å²) in [6, 6.07) is 14.8. The summed E-state index contributed by atoms with van der Waals surface area (Å²) in [6.07, 6.45) is 3.97. The number of rotatable bonds is 6. The highest BCUT2D eigenvalue weighted by atomic mass is 16.3. The molecule has 1 fully saturated rings. The van der Waals surface area contributed by atoms with Gasteiger partial charge in [-0.1, -0.05) is 42.5 Å². The van der Waals surface area contributed by atoms with Gasteiger partial charge in [0, 0.05) is 24.2 Å². The Labute approximate surface area is 175 Å². The maximum absolute atomic E-state index is 12.8. The van der Waals surface area contributed by atoms with Gasteiger partial charge >= 0.3 is 0 Å². The Morgan fingerprint density at radius 3 is 2.60 bits per heavy atom. The summed E-state index contributed by atoms with van der Waals surface area (Å²) in [5, 5.41) is 26.9. The zero-order valence-corrected chi connectivity index (χ0v) is 16.7. The van der Waals surface area contributed by atoms with E-state index in [2.05, 4.69) is 20.6 Å². The number of para-hydroxylation sites is 1. The van der Waals surface area contributed by atoms with Gasteiger partial charge in [0.2, 0.25) is 5.95 Å². The Bertz CT molecular complexity index is 1000. The van der Waals surface area contributed by atoms with Crippen molar-refractivity contribution >= 4 is 22.8 Å². The molecule has 1 aliphatic carbocycles. The lowest BCUT2D eigenvalue weighted by Crippen LogP contribution is -2.29. The number of carbonyl (C=O) groups excluding carboxylic acids is 1. The highest BCUT2D eigenvalue weighted by Crippen LogP contribution is 2.23. The zero-order chi connectivity index (χ0) is 20.9. The van der Waals surface area contributed by atoms with E-state index < -0.39 is 6.10 Å². The molecule has 3 aromatic rings. The van der Waals surface area contributed by atoms with Crippen molar-refractivity contribution in [1.82, 2.24) is 15.3 Å². The van der Waals surface area contributed by atoms with Crippen molar-refractivity contribution < 1.29 is 15.0 Å². The molecule has 7 nitrogen and oxygen atoms in total. The molecule has 0 unspecified atom stereocenters. The summed E-state index contributed by atoms with van der Waals surface area (Å²) in [5.41, 5.74) is 1.76. The van der Waals surface area contributed by atoms with Crippen LogP contribution in [0.5, 0.6) is 0 Å². The number of benzene rings is 2. The molecule has 2 aromatic carbocycles. The normalized spacial score (nSPS) is 19.9. The van der Waals surface area contributed by atoms with Crippen molar-refractivity contribution in [1.29, 1.82) is 0 Å². The van der Waals surface area contributed by atoms with E-state index in [4.69, 9.17) is 0 Å². The predicted molar refractivity (Wildman–Crippen MR) is 115 cm³/mol. The molecule has 0 aliphatic heterocycles. The molecule has 0 spiro atoms. The van der Waals surface area contributed by atoms with Crippen molar-refractivity contribution in [2.24, 2.45) is 0 Å². The fourth-order valence-corrected chi connectivity index (χ4v) is 3.79. The van der Waals surface area contributed by atoms with E-state index in [-0.39, 0.29) is 24.6 Å². The maximum Gasteiger partial charge on any atom is 0.253 e. The molecule has 1 amide bonds. The van der Waals surface area contributed by atoms with Crippen LogP contribution >= 0.6 is 0 Å². The van der Waals surface area contributed by atoms with Crippen LogP contribution in [0, 0.1) is 0 Å². The van der Waals surface area contributed by atoms with Crippen molar-refractivity contribution in [2.75, 3.05) is 11.9 Å². The number of aliphatic hydroxyl groups is 2. The van der Waals surface area contributed by atoms with Crippen LogP contribution < -0.4 is 10.6 Å². The number of aromatic nitrogens is 2. The first-order valence-corrected chi connectivity index (χ1v) is 10.3. The van der Waals surface area contributed by atoms with Gasteiger partial charge < -0.3 is 20.8 Å². The predicted octanol–water partition coefficient (Wildman–Crippen LogP) is 2.81. The highest BCUT2D eigenvalue weighted by Gasteiger charge is 2.20. The summed E-state index contributed by atoms with van der Waals surface area (Å²) in [6.45, 7) is 0.111. The van der Waals surface area contributed by atoms with E-state index in [1.54, 1.807) is 18.3 Å². The Morgan fingerprint density at radius 1 is 1.07 bits per heavy atom. The number of hydrogen-bond acceptors (Lipinski definition) is 6. The largest absolute Gasteiger partial charge is 0.393 e. The third-order valence-corrected chi connectivity index (χ3v) is 5.53. The Balaban J connectivity index is 1.48. The van der Waals surface area contributed by atoms with Gasteiger partial charge in [-0.2, -0.15) is 0 Å². The van der Waals surface area contributed by atoms with E-state index in [1.165, 1.54) is 0 Å². The second-order valence-electron chi connectivity index (χ2n) is 7.72. The molecule has 0 radical (unpaired) electrons. The monoisotopic (exact) mass is 406 g/mol. The van der Waals surface area contributed by atoms with E-state index in [9.17, 15) is 15.0 Å². The SMILES string of the molecule is O=C(NC[C@@H](O)c1ccccc1)c1cccc2cnc(N[C@H]3CC[C@H](O)CC3)nc12. The van der Waals surface area contributed by atoms with Gasteiger partial charge in [-0.05, 0) is 37.3 Å². The molecule has 156 valence electrons. The van der Waals surface area contributed by atoms with Crippen LogP contribution in [0.15, 0.2) is 54.7 Å². The van der Waals surface area contributed by atoms with Crippen LogP contribution in [-0.4, -0.2) is 44.8 Å². The second-order valence-corrected chi connectivity index (χ2v) is 7.72. The minimum Gasteiger partial charge on any atom is -0.393 e. The molecule has 0 saturated heterocycles. The Hall–Kier alpha value is -3.03. The first-order valence-electron chi connectivity index (χ1n) is 10.3. The molecule has 1 aromatic heterocycles. The molecular formula is C23H26N4O3. The number of fused-ring (bicyclic) bond motifs is 1. The van der Waals surface area contributed by atoms with Gasteiger partial charge in [-0.3, -0.25) is 4.79 Å². The third kappa shape index (κ3) is 4.75. The van der Waals surface area contributed by atoms with E-state index in [0.717, 1.165) is 36.6 Å². The van der Waals surface area contributed by atoms with Crippen LogP contribution in [0.2, 0.25) is 0 Å². The van der Waals surface area contributed by atoms with Crippen LogP contribution in [0.3, 0.4) is 0 Å². The number of anilines is 1. The summed E-state index contributed by atoms with van der Waals surface area (Å²) in [4.78, 5) is 21.8. The quantitative estimate of drug-likeness (QED) is 0.501. The number of carbonyl (C=O) groups is 1. The van der Waals surface area contributed by atoms with E-state index in [0.29, 0.717) is 17.0 Å². The fourth-order valence-electron chi connectivity index (χ4n) is 3.79. The Morgan fingerprint density at radius 2 is 1.83 bits per heavy atom. The number of amides is 1. The molecule has 4 N–H and O–H groups in total. The summed E-state index contributed by atoms with van der Waals surface area (Å²) >= 11 is 0. The minimum atomic E-state index is -0.779. The van der Waals surface area contributed by atoms with Gasteiger partial charge in [0.15, 0.2) is 0 Å². The topological polar surface area (TPSA) is 107 Å². The summed E-state index contributed by atoms with van der Waals surface area (Å²) in [5.74, 6) is 0.189. The van der Waals surface area contributed by atoms with Crippen molar-refractivity contribution in [3.05, 3.63) is 65.9 Å². The average Bonchev–Trinajstić information content (AvgIpc) is 2.79. The number of nitrogens with one attached hydrogen (secondary N) is 2. The van der Waals surface area contributed by atoms with Gasteiger partial charge in [-0.15, -0.1) is 0 Å². The summed E-state index contributed by atoms with van der Waals surface area (Å²) < 4.78 is 0. The number of nitrogens with zero attached hydrogens (tertiary/aromatic N) is 2. The van der Waals surface area contributed by atoms with E-state index >= 15 is 0 Å². The third-order valence-electron chi connectivity index (χ3n) is 5.53. The molecular weight excluding hydrogens is 380 g/mol. The highest BCUT2D eigenvalue weighted by molar-refractivity contribution is 6.05. The lowest BCUT2D eigenvalue weighted by atomic mass is 9.93. The van der Waals surface area contributed by atoms with Gasteiger partial charge in [0.25, 0.3) is 5.91 Å². The van der Waals surface area contributed by atoms with Gasteiger partial charge in [0.05, 0.1) is 23.3 Å². The van der Waals surface area contributed by atoms with Crippen LogP contribution in [0.4, 0.5) is 5.95 Å². The van der Waals surface area contributed by atoms with Crippen LogP contribution in [0.25, 0.3) is 10.9 Å². The molecule has 1 atom stereocenters. The number of hydrogen-bond donors (Lipinski definition) is 4. The lowest BCUT2D eigenvalue weighted by molar-refractivity contribution is 0.0917. The summed E-state index contributed by atoms with van der Waals surface area (Å²) in [7, 11) is 0. The molecule has 0 bridgehead atoms. The molecule has 30 heavy (non-hydrogen) atoms. The molecule has 1 aliphatic rings. The number of aliphatic hydroxyl groups excluding tert-OH is 2. The lowest BCUT2D eigenvalue weighted by Gasteiger charge is -2.26. The zero-order valence-electron chi connectivity index (χ0n) is 16.7. The van der Waals surface area contributed by atoms with Gasteiger partial charge in [-0.25, -0.2) is 9.97 Å². The minimum absolute atomic E-state index is 0.111. The first kappa shape index (κ1) is 20.3. The van der Waals surface area contributed by atoms with Crippen molar-refractivity contribution in [3.63, 3.8) is 0 Å². The van der Waals surface area contributed by atoms with Crippen LogP contribution in [0.1, 0.15) is 47.7 Å². The fraction of sp³-hybridized carbons (Fsp3) is 0.348. The van der Waals surface area contributed by atoms with Crippen molar-refractivity contribution in [3.8, 4) is 0 Å². The first-order chi connectivity index (χ1) is 14.6. The smallest absolute Gasteiger partial charge is 0.253 e. The van der Waals surface area contributed by atoms with Crippen molar-refractivity contribution in [2.45, 2.75) is 43.9 Å². The van der Waals surface area contributed by atoms with Gasteiger partial charge in [0.1, 0.15) is 0 Å². The molecule has 1 saturated carbocycles. The standard InChI is InChI=1S/C23H26N4O3/c28-18-11-9-17(10-12-18)26-23-25-13-16-7-4-8-19(21(16)27-23)22(30)24-14-20(29)15-5-2-1-3-6-15/h1-8,13,17-18,20,28-29H,9-12,14H2,(H,24,30)(H,25,26,27)/t17-,18-,20-/m1/s1. The second kappa shape index (κ2) is 9.19. The molecule has 4 rings (SSSR count). The Kier molecular flexibility index (Phi) is 6.21. The maximum atomic E-state index is 12.8. The van der Waals surface area contributed by atoms with E-state index in [1.807, 2.05) is 36.4 Å². The molecule has 1 heterocycles.